The number of rotatable bonds is 7. The highest BCUT2D eigenvalue weighted by atomic mass is 16.7. The van der Waals surface area contributed by atoms with Crippen LogP contribution in [0.25, 0.3) is 0 Å². The zero-order valence-corrected chi connectivity index (χ0v) is 21.1. The van der Waals surface area contributed by atoms with Gasteiger partial charge in [0, 0.05) is 12.3 Å². The van der Waals surface area contributed by atoms with Crippen molar-refractivity contribution in [3.63, 3.8) is 0 Å². The number of carbonyl (C=O) groups is 2. The number of hydrogen-bond acceptors (Lipinski definition) is 13. The van der Waals surface area contributed by atoms with Gasteiger partial charge in [-0.2, -0.15) is 0 Å². The highest BCUT2D eigenvalue weighted by Gasteiger charge is 2.56. The van der Waals surface area contributed by atoms with Gasteiger partial charge in [-0.1, -0.05) is 0 Å². The van der Waals surface area contributed by atoms with Crippen molar-refractivity contribution in [2.24, 2.45) is 11.8 Å². The van der Waals surface area contributed by atoms with Crippen LogP contribution in [0.3, 0.4) is 0 Å². The fourth-order valence-electron chi connectivity index (χ4n) is 6.19. The third-order valence-corrected chi connectivity index (χ3v) is 8.40. The van der Waals surface area contributed by atoms with Crippen molar-refractivity contribution in [1.82, 2.24) is 0 Å². The van der Waals surface area contributed by atoms with Crippen LogP contribution in [0.4, 0.5) is 0 Å². The molecule has 15 nitrogen and oxygen atoms in total. The molecule has 0 aromatic heterocycles. The molecule has 0 aromatic rings. The normalized spacial score (nSPS) is 48.7. The Labute approximate surface area is 223 Å². The van der Waals surface area contributed by atoms with Gasteiger partial charge in [0.15, 0.2) is 18.5 Å². The Bertz CT molecular complexity index is 857. The van der Waals surface area contributed by atoms with Gasteiger partial charge in [-0.3, -0.25) is 9.59 Å². The fraction of sp³-hybridized carbons (Fsp3) is 0.917. The number of carbonyl (C=O) groups excluding carboxylic acids is 1. The molecule has 39 heavy (non-hydrogen) atoms. The summed E-state index contributed by atoms with van der Waals surface area (Å²) in [5, 5.41) is 91.4. The van der Waals surface area contributed by atoms with Crippen LogP contribution in [-0.4, -0.2) is 149 Å². The highest BCUT2D eigenvalue weighted by molar-refractivity contribution is 5.90. The minimum absolute atomic E-state index is 0.0985. The van der Waals surface area contributed by atoms with Gasteiger partial charge < -0.3 is 64.9 Å². The smallest absolute Gasteiger partial charge is 0.317 e. The van der Waals surface area contributed by atoms with Gasteiger partial charge in [0.2, 0.25) is 0 Å². The van der Waals surface area contributed by atoms with Crippen molar-refractivity contribution >= 4 is 11.9 Å². The van der Waals surface area contributed by atoms with E-state index in [2.05, 4.69) is 0 Å². The number of esters is 1. The standard InChI is InChI=1S/C24H38O15/c25-10-2-1-8(3-11(10)26)23-14(4-9-13(37-23)5-12(27)19(32)18(9)31)38-24-22(35)21(34)20(33)15(39-24)7-36-17(30)6-16(28)29/h8-15,18-27,31-35H,1-7H2,(H,28,29)/p+1. The number of aliphatic carboxylic acids is 1. The van der Waals surface area contributed by atoms with Crippen molar-refractivity contribution < 1.29 is 74.5 Å². The summed E-state index contributed by atoms with van der Waals surface area (Å²) >= 11 is 0. The van der Waals surface area contributed by atoms with E-state index < -0.39 is 110 Å². The predicted molar refractivity (Wildman–Crippen MR) is 125 cm³/mol. The first-order chi connectivity index (χ1) is 18.4. The van der Waals surface area contributed by atoms with E-state index in [4.69, 9.17) is 24.1 Å². The summed E-state index contributed by atoms with van der Waals surface area (Å²) in [6, 6.07) is 0. The summed E-state index contributed by atoms with van der Waals surface area (Å²) in [7, 11) is 0. The average molecular weight is 568 g/mol. The monoisotopic (exact) mass is 567 g/mol. The lowest BCUT2D eigenvalue weighted by Gasteiger charge is -2.49. The number of fused-ring (bicyclic) bond motifs is 1. The van der Waals surface area contributed by atoms with Crippen LogP contribution in [-0.2, 0) is 23.8 Å². The largest absolute Gasteiger partial charge is 0.481 e. The number of carboxylic acids is 1. The van der Waals surface area contributed by atoms with Crippen molar-refractivity contribution in [2.45, 2.75) is 118 Å². The Morgan fingerprint density at radius 1 is 0.795 bits per heavy atom. The van der Waals surface area contributed by atoms with Crippen LogP contribution in [0.1, 0.15) is 38.5 Å². The minimum Gasteiger partial charge on any atom is -0.481 e. The summed E-state index contributed by atoms with van der Waals surface area (Å²) < 4.78 is 21.3. The molecule has 0 aromatic carbocycles. The molecule has 0 amide bonds. The van der Waals surface area contributed by atoms with E-state index in [9.17, 15) is 50.4 Å². The molecule has 15 unspecified atom stereocenters. The Balaban J connectivity index is 1.51. The lowest BCUT2D eigenvalue weighted by Crippen LogP contribution is -2.64. The highest BCUT2D eigenvalue weighted by Crippen LogP contribution is 2.42. The summed E-state index contributed by atoms with van der Waals surface area (Å²) in [6.45, 7) is -0.629. The molecule has 2 saturated carbocycles. The zero-order chi connectivity index (χ0) is 28.6. The first-order valence-electron chi connectivity index (χ1n) is 13.2. The van der Waals surface area contributed by atoms with E-state index in [1.165, 1.54) is 0 Å². The number of hydrogen-bond donors (Lipinski definition) is 9. The summed E-state index contributed by atoms with van der Waals surface area (Å²) in [4.78, 5) is 22.3. The Morgan fingerprint density at radius 3 is 2.18 bits per heavy atom. The van der Waals surface area contributed by atoms with E-state index in [1.807, 2.05) is 0 Å². The molecule has 4 aliphatic rings. The van der Waals surface area contributed by atoms with Crippen molar-refractivity contribution in [3.05, 3.63) is 0 Å². The fourth-order valence-corrected chi connectivity index (χ4v) is 6.19. The van der Waals surface area contributed by atoms with E-state index in [-0.39, 0.29) is 25.2 Å². The molecule has 2 saturated heterocycles. The number of carboxylic acid groups (broad SMARTS) is 1. The van der Waals surface area contributed by atoms with Gasteiger partial charge in [0.1, 0.15) is 49.7 Å². The number of ether oxygens (including phenoxy) is 4. The summed E-state index contributed by atoms with van der Waals surface area (Å²) in [5.41, 5.74) is 0. The van der Waals surface area contributed by atoms with Gasteiger partial charge in [0.05, 0.1) is 30.3 Å². The van der Waals surface area contributed by atoms with Crippen molar-refractivity contribution in [1.29, 1.82) is 0 Å². The number of aliphatic hydroxyl groups is 10. The molecule has 2 heterocycles. The lowest BCUT2D eigenvalue weighted by atomic mass is 9.71. The van der Waals surface area contributed by atoms with Crippen LogP contribution < -0.4 is 0 Å². The molecular weight excluding hydrogens is 528 g/mol. The summed E-state index contributed by atoms with van der Waals surface area (Å²) in [6.07, 6.45) is -15.7. The molecule has 2 aliphatic heterocycles. The molecular formula is C24H39O15+. The van der Waals surface area contributed by atoms with Gasteiger partial charge >= 0.3 is 11.9 Å². The second kappa shape index (κ2) is 12.6. The molecule has 2 aliphatic carbocycles. The van der Waals surface area contributed by atoms with Gasteiger partial charge in [-0.25, -0.2) is 0 Å². The third kappa shape index (κ3) is 6.70. The average Bonchev–Trinajstić information content (AvgIpc) is 2.88. The topological polar surface area (TPSA) is 257 Å². The van der Waals surface area contributed by atoms with Gasteiger partial charge in [-0.15, -0.1) is 0 Å². The maximum absolute atomic E-state index is 11.6. The van der Waals surface area contributed by atoms with E-state index >= 15 is 0 Å². The van der Waals surface area contributed by atoms with E-state index in [1.54, 1.807) is 0 Å². The minimum atomic E-state index is -1.78. The molecule has 0 spiro atoms. The molecule has 15 heteroatoms. The molecule has 10 N–H and O–H groups in total. The van der Waals surface area contributed by atoms with E-state index in [0.29, 0.717) is 12.8 Å². The molecule has 15 atom stereocenters. The van der Waals surface area contributed by atoms with E-state index in [0.717, 1.165) is 0 Å². The Kier molecular flexibility index (Phi) is 9.81. The second-order valence-corrected chi connectivity index (χ2v) is 11.0. The van der Waals surface area contributed by atoms with Crippen LogP contribution in [0, 0.1) is 11.8 Å². The van der Waals surface area contributed by atoms with Crippen LogP contribution in [0.15, 0.2) is 0 Å². The molecule has 0 radical (unpaired) electrons. The van der Waals surface area contributed by atoms with Crippen LogP contribution >= 0.6 is 0 Å². The van der Waals surface area contributed by atoms with Crippen molar-refractivity contribution in [2.75, 3.05) is 6.61 Å². The Hall–Kier alpha value is -1.50. The molecule has 4 fully saturated rings. The molecule has 4 rings (SSSR count). The third-order valence-electron chi connectivity index (χ3n) is 8.40. The van der Waals surface area contributed by atoms with Crippen LogP contribution in [0.2, 0.25) is 0 Å². The predicted octanol–water partition coefficient (Wildman–Crippen LogP) is -4.51. The quantitative estimate of drug-likeness (QED) is 0.0798. The maximum atomic E-state index is 11.6. The maximum Gasteiger partial charge on any atom is 0.317 e. The first kappa shape index (κ1) is 30.5. The zero-order valence-electron chi connectivity index (χ0n) is 21.1. The van der Waals surface area contributed by atoms with Gasteiger partial charge in [0.25, 0.3) is 0 Å². The lowest BCUT2D eigenvalue weighted by molar-refractivity contribution is -0.360. The number of aliphatic hydroxyl groups excluding tert-OH is 8. The Morgan fingerprint density at radius 2 is 1.51 bits per heavy atom. The second-order valence-electron chi connectivity index (χ2n) is 11.0. The van der Waals surface area contributed by atoms with Crippen molar-refractivity contribution in [3.8, 4) is 0 Å². The van der Waals surface area contributed by atoms with Crippen LogP contribution in [0.5, 0.6) is 0 Å². The molecule has 224 valence electrons. The summed E-state index contributed by atoms with van der Waals surface area (Å²) in [5.74, 6) is -3.42. The molecule has 0 bridgehead atoms. The SMILES string of the molecule is O=C(O)CC(=O)OCC1OC(OC2CC3C(CC(O)C(O)C3O)[OH+]C2C2CCC(O)C(O)C2)C(O)C(O)C1O. The first-order valence-corrected chi connectivity index (χ1v) is 13.2. The van der Waals surface area contributed by atoms with Gasteiger partial charge in [-0.05, 0) is 25.7 Å².